The summed E-state index contributed by atoms with van der Waals surface area (Å²) in [5.74, 6) is 0.320. The number of carboxylic acid groups (broad SMARTS) is 1. The Morgan fingerprint density at radius 1 is 1.56 bits per heavy atom. The lowest BCUT2D eigenvalue weighted by Gasteiger charge is -2.23. The van der Waals surface area contributed by atoms with Gasteiger partial charge in [0, 0.05) is 12.6 Å². The third kappa shape index (κ3) is 3.98. The second kappa shape index (κ2) is 5.60. The molecule has 16 heavy (non-hydrogen) atoms. The summed E-state index contributed by atoms with van der Waals surface area (Å²) in [4.78, 5) is 16.6. The van der Waals surface area contributed by atoms with E-state index in [2.05, 4.69) is 10.1 Å². The van der Waals surface area contributed by atoms with E-state index >= 15 is 0 Å². The first-order valence-electron chi connectivity index (χ1n) is 5.24. The molecule has 0 spiro atoms. The fraction of sp³-hybridized carbons (Fsp3) is 0.700. The van der Waals surface area contributed by atoms with Crippen molar-refractivity contribution in [2.24, 2.45) is 0 Å². The van der Waals surface area contributed by atoms with Gasteiger partial charge in [-0.1, -0.05) is 5.16 Å². The Morgan fingerprint density at radius 3 is 2.69 bits per heavy atom. The molecule has 0 radical (unpaired) electrons. The highest BCUT2D eigenvalue weighted by atomic mass is 16.5. The average molecular weight is 227 g/mol. The number of hydrogen-bond donors (Lipinski definition) is 1. The molecule has 6 heteroatoms. The van der Waals surface area contributed by atoms with Crippen LogP contribution < -0.4 is 0 Å². The highest BCUT2D eigenvalue weighted by Gasteiger charge is 2.15. The molecule has 0 aliphatic rings. The highest BCUT2D eigenvalue weighted by molar-refractivity contribution is 5.66. The summed E-state index contributed by atoms with van der Waals surface area (Å²) in [5, 5.41) is 12.3. The van der Waals surface area contributed by atoms with E-state index in [0.717, 1.165) is 0 Å². The molecule has 0 saturated heterocycles. The van der Waals surface area contributed by atoms with Crippen LogP contribution in [0.3, 0.4) is 0 Å². The summed E-state index contributed by atoms with van der Waals surface area (Å²) in [7, 11) is 0. The van der Waals surface area contributed by atoms with E-state index in [9.17, 15) is 4.79 Å². The Hall–Kier alpha value is -1.43. The molecule has 6 nitrogen and oxygen atoms in total. The Balaban J connectivity index is 2.54. The van der Waals surface area contributed by atoms with Crippen molar-refractivity contribution in [3.05, 3.63) is 11.7 Å². The Bertz CT molecular complexity index is 349. The fourth-order valence-electron chi connectivity index (χ4n) is 1.34. The Kier molecular flexibility index (Phi) is 4.42. The van der Waals surface area contributed by atoms with Gasteiger partial charge in [0.1, 0.15) is 0 Å². The molecule has 1 rings (SSSR count). The number of carboxylic acids is 1. The predicted molar refractivity (Wildman–Crippen MR) is 56.8 cm³/mol. The molecule has 0 fully saturated rings. The minimum absolute atomic E-state index is 0.116. The zero-order valence-corrected chi connectivity index (χ0v) is 9.80. The molecular weight excluding hydrogens is 210 g/mol. The summed E-state index contributed by atoms with van der Waals surface area (Å²) in [6, 6.07) is 0.242. The first kappa shape index (κ1) is 12.6. The van der Waals surface area contributed by atoms with Crippen LogP contribution >= 0.6 is 0 Å². The minimum Gasteiger partial charge on any atom is -0.481 e. The van der Waals surface area contributed by atoms with Gasteiger partial charge >= 0.3 is 5.97 Å². The standard InChI is InChI=1S/C10H17N3O3/c1-7(2)13(5-4-10(14)15)6-9-11-8(3)12-16-9/h7H,4-6H2,1-3H3,(H,14,15). The van der Waals surface area contributed by atoms with Gasteiger partial charge in [0.25, 0.3) is 0 Å². The van der Waals surface area contributed by atoms with Crippen molar-refractivity contribution in [3.63, 3.8) is 0 Å². The van der Waals surface area contributed by atoms with Crippen molar-refractivity contribution in [2.45, 2.75) is 39.8 Å². The topological polar surface area (TPSA) is 79.5 Å². The van der Waals surface area contributed by atoms with Crippen LogP contribution in [0.1, 0.15) is 32.0 Å². The summed E-state index contributed by atoms with van der Waals surface area (Å²) in [6.07, 6.45) is 0.116. The Labute approximate surface area is 94.3 Å². The third-order valence-electron chi connectivity index (χ3n) is 2.25. The molecule has 1 N–H and O–H groups in total. The van der Waals surface area contributed by atoms with E-state index in [1.165, 1.54) is 0 Å². The van der Waals surface area contributed by atoms with E-state index in [4.69, 9.17) is 9.63 Å². The van der Waals surface area contributed by atoms with Crippen LogP contribution in [0.15, 0.2) is 4.52 Å². The number of aryl methyl sites for hydroxylation is 1. The maximum absolute atomic E-state index is 10.5. The van der Waals surface area contributed by atoms with E-state index in [1.807, 2.05) is 18.7 Å². The highest BCUT2D eigenvalue weighted by Crippen LogP contribution is 2.07. The largest absolute Gasteiger partial charge is 0.481 e. The molecular formula is C10H17N3O3. The third-order valence-corrected chi connectivity index (χ3v) is 2.25. The lowest BCUT2D eigenvalue weighted by molar-refractivity contribution is -0.137. The first-order chi connectivity index (χ1) is 7.49. The summed E-state index contributed by atoms with van der Waals surface area (Å²) < 4.78 is 5.00. The van der Waals surface area contributed by atoms with Gasteiger partial charge in [-0.15, -0.1) is 0 Å². The van der Waals surface area contributed by atoms with E-state index in [1.54, 1.807) is 6.92 Å². The van der Waals surface area contributed by atoms with Crippen molar-refractivity contribution >= 4 is 5.97 Å². The number of aromatic nitrogens is 2. The second-order valence-electron chi connectivity index (χ2n) is 3.94. The van der Waals surface area contributed by atoms with Crippen molar-refractivity contribution in [1.82, 2.24) is 15.0 Å². The van der Waals surface area contributed by atoms with Gasteiger partial charge < -0.3 is 9.63 Å². The number of aliphatic carboxylic acids is 1. The number of nitrogens with zero attached hydrogens (tertiary/aromatic N) is 3. The predicted octanol–water partition coefficient (Wildman–Crippen LogP) is 1.06. The number of rotatable bonds is 6. The number of hydrogen-bond acceptors (Lipinski definition) is 5. The van der Waals surface area contributed by atoms with Crippen LogP contribution in [0.2, 0.25) is 0 Å². The molecule has 1 aromatic rings. The van der Waals surface area contributed by atoms with Crippen molar-refractivity contribution in [2.75, 3.05) is 6.54 Å². The zero-order valence-electron chi connectivity index (χ0n) is 9.80. The van der Waals surface area contributed by atoms with Crippen molar-refractivity contribution in [1.29, 1.82) is 0 Å². The fourth-order valence-corrected chi connectivity index (χ4v) is 1.34. The van der Waals surface area contributed by atoms with Gasteiger partial charge in [-0.3, -0.25) is 9.69 Å². The maximum Gasteiger partial charge on any atom is 0.304 e. The van der Waals surface area contributed by atoms with Gasteiger partial charge in [-0.25, -0.2) is 0 Å². The van der Waals surface area contributed by atoms with Gasteiger partial charge in [0.15, 0.2) is 5.82 Å². The van der Waals surface area contributed by atoms with Crippen LogP contribution in [0.25, 0.3) is 0 Å². The smallest absolute Gasteiger partial charge is 0.304 e. The van der Waals surface area contributed by atoms with Crippen molar-refractivity contribution < 1.29 is 14.4 Å². The van der Waals surface area contributed by atoms with Crippen LogP contribution in [0.5, 0.6) is 0 Å². The van der Waals surface area contributed by atoms with Crippen LogP contribution in [-0.2, 0) is 11.3 Å². The molecule has 0 unspecified atom stereocenters. The normalized spacial score (nSPS) is 11.3. The molecule has 0 bridgehead atoms. The maximum atomic E-state index is 10.5. The monoisotopic (exact) mass is 227 g/mol. The van der Waals surface area contributed by atoms with Gasteiger partial charge in [0.05, 0.1) is 13.0 Å². The van der Waals surface area contributed by atoms with E-state index in [0.29, 0.717) is 24.8 Å². The molecule has 0 aliphatic heterocycles. The first-order valence-corrected chi connectivity index (χ1v) is 5.24. The van der Waals surface area contributed by atoms with Crippen molar-refractivity contribution in [3.8, 4) is 0 Å². The lowest BCUT2D eigenvalue weighted by Crippen LogP contribution is -2.32. The van der Waals surface area contributed by atoms with Gasteiger partial charge in [-0.05, 0) is 20.8 Å². The molecule has 0 amide bonds. The molecule has 0 aromatic carbocycles. The molecule has 0 aliphatic carbocycles. The Morgan fingerprint density at radius 2 is 2.25 bits per heavy atom. The van der Waals surface area contributed by atoms with Crippen LogP contribution in [0, 0.1) is 6.92 Å². The van der Waals surface area contributed by atoms with E-state index in [-0.39, 0.29) is 12.5 Å². The molecule has 1 heterocycles. The van der Waals surface area contributed by atoms with Gasteiger partial charge in [-0.2, -0.15) is 4.98 Å². The van der Waals surface area contributed by atoms with E-state index < -0.39 is 5.97 Å². The molecule has 90 valence electrons. The zero-order chi connectivity index (χ0) is 12.1. The van der Waals surface area contributed by atoms with Gasteiger partial charge in [0.2, 0.25) is 5.89 Å². The SMILES string of the molecule is Cc1noc(CN(CCC(=O)O)C(C)C)n1. The quantitative estimate of drug-likeness (QED) is 0.782. The van der Waals surface area contributed by atoms with Crippen LogP contribution in [-0.4, -0.2) is 38.7 Å². The average Bonchev–Trinajstić information content (AvgIpc) is 2.57. The summed E-state index contributed by atoms with van der Waals surface area (Å²) in [6.45, 7) is 6.74. The minimum atomic E-state index is -0.799. The number of carbonyl (C=O) groups is 1. The second-order valence-corrected chi connectivity index (χ2v) is 3.94. The molecule has 0 atom stereocenters. The summed E-state index contributed by atoms with van der Waals surface area (Å²) in [5.41, 5.74) is 0. The molecule has 0 saturated carbocycles. The molecule has 1 aromatic heterocycles. The van der Waals surface area contributed by atoms with Crippen LogP contribution in [0.4, 0.5) is 0 Å². The summed E-state index contributed by atoms with van der Waals surface area (Å²) >= 11 is 0. The lowest BCUT2D eigenvalue weighted by atomic mass is 10.3.